The van der Waals surface area contributed by atoms with E-state index in [1.165, 1.54) is 13.2 Å². The fraction of sp³-hybridized carbons (Fsp3) is 0.273. The highest BCUT2D eigenvalue weighted by atomic mass is 35.5. The van der Waals surface area contributed by atoms with Gasteiger partial charge in [-0.05, 0) is 35.9 Å². The topological polar surface area (TPSA) is 59.3 Å². The lowest BCUT2D eigenvalue weighted by atomic mass is 9.85. The van der Waals surface area contributed by atoms with Crippen molar-refractivity contribution in [3.63, 3.8) is 0 Å². The summed E-state index contributed by atoms with van der Waals surface area (Å²) in [6.07, 6.45) is 1.43. The van der Waals surface area contributed by atoms with Gasteiger partial charge in [0.05, 0.1) is 13.2 Å². The van der Waals surface area contributed by atoms with Gasteiger partial charge in [-0.2, -0.15) is 5.26 Å². The Kier molecular flexibility index (Phi) is 5.18. The third-order valence-corrected chi connectivity index (χ3v) is 5.91. The van der Waals surface area contributed by atoms with Crippen LogP contribution in [0.1, 0.15) is 19.4 Å². The van der Waals surface area contributed by atoms with E-state index < -0.39 is 22.2 Å². The maximum Gasteiger partial charge on any atom is 0.318 e. The Morgan fingerprint density at radius 2 is 1.71 bits per heavy atom. The molecule has 0 aromatic heterocycles. The molecule has 28 heavy (non-hydrogen) atoms. The molecule has 1 aliphatic rings. The molecule has 144 valence electrons. The van der Waals surface area contributed by atoms with Crippen LogP contribution in [0.15, 0.2) is 65.2 Å². The van der Waals surface area contributed by atoms with Gasteiger partial charge in [0.2, 0.25) is 0 Å². The average Bonchev–Trinajstić information content (AvgIpc) is 3.11. The van der Waals surface area contributed by atoms with Crippen LogP contribution in [0, 0.1) is 22.2 Å². The Morgan fingerprint density at radius 1 is 1.07 bits per heavy atom. The third kappa shape index (κ3) is 2.70. The van der Waals surface area contributed by atoms with Gasteiger partial charge in [-0.25, -0.2) is 0 Å². The molecule has 0 bridgehead atoms. The smallest absolute Gasteiger partial charge is 0.318 e. The fourth-order valence-electron chi connectivity index (χ4n) is 4.31. The largest absolute Gasteiger partial charge is 0.468 e. The molecule has 0 N–H and O–H groups in total. The van der Waals surface area contributed by atoms with E-state index in [2.05, 4.69) is 6.07 Å². The van der Waals surface area contributed by atoms with Crippen molar-refractivity contribution in [2.75, 3.05) is 7.11 Å². The maximum absolute atomic E-state index is 13.0. The minimum atomic E-state index is -1.27. The number of carbonyl (C=O) groups is 1. The van der Waals surface area contributed by atoms with E-state index in [1.54, 1.807) is 24.3 Å². The number of ether oxygens (including phenoxy) is 2. The lowest BCUT2D eigenvalue weighted by Gasteiger charge is -2.20. The number of halogens is 2. The second-order valence-corrected chi connectivity index (χ2v) is 8.17. The van der Waals surface area contributed by atoms with E-state index in [-0.39, 0.29) is 4.49 Å². The van der Waals surface area contributed by atoms with Crippen LogP contribution in [0.25, 0.3) is 0 Å². The predicted octanol–water partition coefficient (Wildman–Crippen LogP) is 5.76. The van der Waals surface area contributed by atoms with Crippen LogP contribution in [0.2, 0.25) is 0 Å². The molecule has 2 aromatic rings. The summed E-state index contributed by atoms with van der Waals surface area (Å²) in [7, 11) is 1.30. The van der Waals surface area contributed by atoms with Crippen LogP contribution in [0.4, 0.5) is 0 Å². The lowest BCUT2D eigenvalue weighted by molar-refractivity contribution is -0.145. The molecule has 0 saturated heterocycles. The number of benzene rings is 2. The molecule has 0 spiro atoms. The Labute approximate surface area is 174 Å². The minimum Gasteiger partial charge on any atom is -0.468 e. The van der Waals surface area contributed by atoms with Crippen LogP contribution in [0.3, 0.4) is 0 Å². The van der Waals surface area contributed by atoms with Crippen molar-refractivity contribution in [3.05, 3.63) is 70.7 Å². The van der Waals surface area contributed by atoms with E-state index in [1.807, 2.05) is 44.2 Å². The summed E-state index contributed by atoms with van der Waals surface area (Å²) >= 11 is 11.8. The first kappa shape index (κ1) is 20.3. The normalized spacial score (nSPS) is 24.6. The quantitative estimate of drug-likeness (QED) is 0.582. The van der Waals surface area contributed by atoms with Crippen LogP contribution in [-0.2, 0) is 14.9 Å². The zero-order valence-electron chi connectivity index (χ0n) is 15.7. The van der Waals surface area contributed by atoms with Gasteiger partial charge >= 0.3 is 5.97 Å². The summed E-state index contributed by atoms with van der Waals surface area (Å²) in [4.78, 5) is 13.0. The van der Waals surface area contributed by atoms with E-state index in [9.17, 15) is 10.1 Å². The van der Waals surface area contributed by atoms with Crippen molar-refractivity contribution in [2.45, 2.75) is 19.3 Å². The summed E-state index contributed by atoms with van der Waals surface area (Å²) in [5.41, 5.74) is -2.72. The third-order valence-electron chi connectivity index (χ3n) is 5.69. The van der Waals surface area contributed by atoms with Crippen molar-refractivity contribution in [1.82, 2.24) is 0 Å². The second kappa shape index (κ2) is 7.16. The lowest BCUT2D eigenvalue weighted by Crippen LogP contribution is -2.30. The number of nitrogens with zero attached hydrogens (tertiary/aromatic N) is 1. The van der Waals surface area contributed by atoms with Crippen LogP contribution in [-0.4, -0.2) is 13.1 Å². The summed E-state index contributed by atoms with van der Waals surface area (Å²) in [6, 6.07) is 18.7. The predicted molar refractivity (Wildman–Crippen MR) is 108 cm³/mol. The first-order chi connectivity index (χ1) is 13.3. The number of esters is 1. The first-order valence-electron chi connectivity index (χ1n) is 8.64. The zero-order chi connectivity index (χ0) is 20.6. The van der Waals surface area contributed by atoms with Crippen molar-refractivity contribution in [2.24, 2.45) is 10.8 Å². The van der Waals surface area contributed by atoms with Crippen molar-refractivity contribution in [1.29, 1.82) is 5.26 Å². The molecular formula is C22H19Cl2NO3. The van der Waals surface area contributed by atoms with Gasteiger partial charge in [-0.3, -0.25) is 4.79 Å². The molecule has 1 aliphatic carbocycles. The molecule has 0 heterocycles. The van der Waals surface area contributed by atoms with Crippen molar-refractivity contribution >= 4 is 29.2 Å². The number of rotatable bonds is 5. The van der Waals surface area contributed by atoms with Gasteiger partial charge in [0, 0.05) is 5.41 Å². The number of para-hydroxylation sites is 1. The SMILES string of the molecule is COC(=O)[C@]1(c2cccc(Oc3ccccc3)c2)C(C)(C)[C@]1(C#N)C=C(Cl)Cl. The standard InChI is InChI=1S/C22H19Cl2NO3/c1-20(2)21(14-25,13-18(23)24)22(20,19(26)27-3)15-8-7-11-17(12-15)28-16-9-5-4-6-10-16/h4-13H,1-3H3/t21-,22-/m1/s1. The molecule has 2 atom stereocenters. The Bertz CT molecular complexity index is 977. The van der Waals surface area contributed by atoms with Gasteiger partial charge in [-0.15, -0.1) is 0 Å². The van der Waals surface area contributed by atoms with Gasteiger partial charge in [0.15, 0.2) is 0 Å². The summed E-state index contributed by atoms with van der Waals surface area (Å²) in [5, 5.41) is 10.0. The molecule has 0 unspecified atom stereocenters. The number of methoxy groups -OCH3 is 1. The summed E-state index contributed by atoms with van der Waals surface area (Å²) < 4.78 is 10.9. The highest BCUT2D eigenvalue weighted by Gasteiger charge is 2.87. The molecule has 1 fully saturated rings. The molecule has 0 aliphatic heterocycles. The number of hydrogen-bond donors (Lipinski definition) is 0. The highest BCUT2D eigenvalue weighted by molar-refractivity contribution is 6.56. The van der Waals surface area contributed by atoms with Gasteiger partial charge in [0.1, 0.15) is 26.8 Å². The molecule has 1 saturated carbocycles. The minimum absolute atomic E-state index is 0.0721. The van der Waals surface area contributed by atoms with Gasteiger partial charge in [-0.1, -0.05) is 67.4 Å². The van der Waals surface area contributed by atoms with E-state index >= 15 is 0 Å². The second-order valence-electron chi connectivity index (χ2n) is 7.16. The van der Waals surface area contributed by atoms with E-state index in [4.69, 9.17) is 32.7 Å². The molecule has 0 amide bonds. The Balaban J connectivity index is 2.15. The highest BCUT2D eigenvalue weighted by Crippen LogP contribution is 2.79. The number of allylic oxidation sites excluding steroid dienone is 1. The maximum atomic E-state index is 13.0. The Hall–Kier alpha value is -2.48. The van der Waals surface area contributed by atoms with Crippen LogP contribution >= 0.6 is 23.2 Å². The van der Waals surface area contributed by atoms with Crippen molar-refractivity contribution < 1.29 is 14.3 Å². The number of hydrogen-bond acceptors (Lipinski definition) is 4. The van der Waals surface area contributed by atoms with Crippen LogP contribution in [0.5, 0.6) is 11.5 Å². The number of nitriles is 1. The van der Waals surface area contributed by atoms with Gasteiger partial charge in [0.25, 0.3) is 0 Å². The fourth-order valence-corrected chi connectivity index (χ4v) is 4.64. The van der Waals surface area contributed by atoms with Crippen LogP contribution < -0.4 is 4.74 Å². The summed E-state index contributed by atoms with van der Waals surface area (Å²) in [5.74, 6) is 0.682. The van der Waals surface area contributed by atoms with E-state index in [0.29, 0.717) is 17.1 Å². The average molecular weight is 416 g/mol. The molecule has 6 heteroatoms. The van der Waals surface area contributed by atoms with E-state index in [0.717, 1.165) is 0 Å². The summed E-state index contributed by atoms with van der Waals surface area (Å²) in [6.45, 7) is 3.65. The molecule has 0 radical (unpaired) electrons. The first-order valence-corrected chi connectivity index (χ1v) is 9.39. The molecule has 2 aromatic carbocycles. The van der Waals surface area contributed by atoms with Crippen molar-refractivity contribution in [3.8, 4) is 17.6 Å². The molecular weight excluding hydrogens is 397 g/mol. The number of carbonyl (C=O) groups excluding carboxylic acids is 1. The zero-order valence-corrected chi connectivity index (χ0v) is 17.2. The molecule has 3 rings (SSSR count). The molecule has 4 nitrogen and oxygen atoms in total. The van der Waals surface area contributed by atoms with Gasteiger partial charge < -0.3 is 9.47 Å². The monoisotopic (exact) mass is 415 g/mol. The Morgan fingerprint density at radius 3 is 2.29 bits per heavy atom.